The fourth-order valence-electron chi connectivity index (χ4n) is 3.65. The van der Waals surface area contributed by atoms with Crippen molar-refractivity contribution >= 4 is 16.7 Å². The molecular formula is C19H27N5O4S. The Labute approximate surface area is 172 Å². The Kier molecular flexibility index (Phi) is 8.45. The van der Waals surface area contributed by atoms with Crippen LogP contribution in [-0.4, -0.2) is 72.9 Å². The number of nitrogens with zero attached hydrogens (tertiary/aromatic N) is 4. The smallest absolute Gasteiger partial charge is 0.254 e. The quantitative estimate of drug-likeness (QED) is 0.253. The van der Waals surface area contributed by atoms with Gasteiger partial charge in [-0.25, -0.2) is 0 Å². The highest BCUT2D eigenvalue weighted by atomic mass is 32.2. The minimum absolute atomic E-state index is 0.0432. The number of piperidine rings is 1. The first-order chi connectivity index (χ1) is 14.2. The third-order valence-electron chi connectivity index (χ3n) is 5.09. The van der Waals surface area contributed by atoms with Gasteiger partial charge in [0.05, 0.1) is 43.0 Å². The SMILES string of the molecule is [N-]=[N+]=NCCOCCOCCS(=O)c1cccc2c1CN(C1CCCNC1)C2=O. The number of nitrogens with one attached hydrogen (secondary N) is 1. The molecule has 3 rings (SSSR count). The van der Waals surface area contributed by atoms with Crippen molar-refractivity contribution in [3.63, 3.8) is 0 Å². The minimum atomic E-state index is -1.23. The fourth-order valence-corrected chi connectivity index (χ4v) is 4.82. The molecule has 10 heteroatoms. The van der Waals surface area contributed by atoms with Crippen LogP contribution in [0.2, 0.25) is 0 Å². The summed E-state index contributed by atoms with van der Waals surface area (Å²) in [7, 11) is -1.23. The van der Waals surface area contributed by atoms with E-state index in [0.29, 0.717) is 50.8 Å². The summed E-state index contributed by atoms with van der Waals surface area (Å²) in [6, 6.07) is 5.69. The number of benzene rings is 1. The molecular weight excluding hydrogens is 394 g/mol. The monoisotopic (exact) mass is 421 g/mol. The number of hydrogen-bond acceptors (Lipinski definition) is 6. The Morgan fingerprint density at radius 1 is 1.28 bits per heavy atom. The Morgan fingerprint density at radius 3 is 2.86 bits per heavy atom. The molecule has 1 fully saturated rings. The van der Waals surface area contributed by atoms with E-state index in [1.165, 1.54) is 0 Å². The highest BCUT2D eigenvalue weighted by Gasteiger charge is 2.35. The van der Waals surface area contributed by atoms with Crippen LogP contribution in [-0.2, 0) is 26.8 Å². The van der Waals surface area contributed by atoms with Crippen molar-refractivity contribution in [2.45, 2.75) is 30.3 Å². The molecule has 0 saturated carbocycles. The van der Waals surface area contributed by atoms with E-state index in [4.69, 9.17) is 15.0 Å². The average molecular weight is 422 g/mol. The lowest BCUT2D eigenvalue weighted by molar-refractivity contribution is 0.0569. The van der Waals surface area contributed by atoms with Crippen LogP contribution >= 0.6 is 0 Å². The zero-order chi connectivity index (χ0) is 20.5. The van der Waals surface area contributed by atoms with E-state index in [9.17, 15) is 9.00 Å². The van der Waals surface area contributed by atoms with E-state index in [1.807, 2.05) is 23.1 Å². The summed E-state index contributed by atoms with van der Waals surface area (Å²) < 4.78 is 23.5. The number of amides is 1. The second-order valence-corrected chi connectivity index (χ2v) is 8.48. The molecule has 2 aliphatic heterocycles. The van der Waals surface area contributed by atoms with Crippen molar-refractivity contribution in [2.75, 3.05) is 51.8 Å². The van der Waals surface area contributed by atoms with E-state index in [-0.39, 0.29) is 11.9 Å². The van der Waals surface area contributed by atoms with Crippen molar-refractivity contribution in [3.8, 4) is 0 Å². The largest absolute Gasteiger partial charge is 0.379 e. The van der Waals surface area contributed by atoms with Crippen LogP contribution < -0.4 is 5.32 Å². The molecule has 1 saturated heterocycles. The second-order valence-electron chi connectivity index (χ2n) is 6.94. The first kappa shape index (κ1) is 21.7. The van der Waals surface area contributed by atoms with Gasteiger partial charge in [-0.05, 0) is 37.1 Å². The highest BCUT2D eigenvalue weighted by molar-refractivity contribution is 7.85. The van der Waals surface area contributed by atoms with Crippen LogP contribution in [0.4, 0.5) is 0 Å². The fraction of sp³-hybridized carbons (Fsp3) is 0.632. The second kappa shape index (κ2) is 11.3. The molecule has 1 aromatic rings. The molecule has 0 spiro atoms. The summed E-state index contributed by atoms with van der Waals surface area (Å²) in [5.41, 5.74) is 9.73. The number of azide groups is 1. The van der Waals surface area contributed by atoms with Gasteiger partial charge in [-0.2, -0.15) is 0 Å². The van der Waals surface area contributed by atoms with E-state index < -0.39 is 10.8 Å². The lowest BCUT2D eigenvalue weighted by atomic mass is 10.1. The van der Waals surface area contributed by atoms with Crippen LogP contribution in [0.3, 0.4) is 0 Å². The van der Waals surface area contributed by atoms with Gasteiger partial charge in [0.25, 0.3) is 5.91 Å². The Bertz CT molecular complexity index is 778. The standard InChI is InChI=1S/C19H27N5O4S/c20-23-22-7-8-27-9-10-28-11-12-29(26)18-5-1-4-16-17(18)14-24(19(16)25)15-3-2-6-21-13-15/h1,4-5,15,21H,2-3,6-14H2. The maximum absolute atomic E-state index is 12.8. The molecule has 0 radical (unpaired) electrons. The van der Waals surface area contributed by atoms with Gasteiger partial charge in [0.15, 0.2) is 0 Å². The predicted molar refractivity (Wildman–Crippen MR) is 109 cm³/mol. The Balaban J connectivity index is 1.48. The maximum atomic E-state index is 12.8. The van der Waals surface area contributed by atoms with E-state index >= 15 is 0 Å². The number of carbonyl (C=O) groups excluding carboxylic acids is 1. The molecule has 1 aromatic carbocycles. The molecule has 2 atom stereocenters. The van der Waals surface area contributed by atoms with Gasteiger partial charge in [0, 0.05) is 46.6 Å². The first-order valence-corrected chi connectivity index (χ1v) is 11.2. The molecule has 29 heavy (non-hydrogen) atoms. The van der Waals surface area contributed by atoms with Crippen molar-refractivity contribution < 1.29 is 18.5 Å². The van der Waals surface area contributed by atoms with Gasteiger partial charge >= 0.3 is 0 Å². The Morgan fingerprint density at radius 2 is 2.10 bits per heavy atom. The Hall–Kier alpha value is -1.97. The summed E-state index contributed by atoms with van der Waals surface area (Å²) in [4.78, 5) is 18.1. The third kappa shape index (κ3) is 5.77. The van der Waals surface area contributed by atoms with Crippen LogP contribution in [0.25, 0.3) is 10.4 Å². The van der Waals surface area contributed by atoms with E-state index in [1.54, 1.807) is 0 Å². The zero-order valence-corrected chi connectivity index (χ0v) is 17.2. The number of carbonyl (C=O) groups is 1. The number of rotatable bonds is 11. The van der Waals surface area contributed by atoms with Gasteiger partial charge in [0.1, 0.15) is 0 Å². The van der Waals surface area contributed by atoms with Crippen LogP contribution in [0.15, 0.2) is 28.2 Å². The molecule has 9 nitrogen and oxygen atoms in total. The summed E-state index contributed by atoms with van der Waals surface area (Å²) >= 11 is 0. The number of ether oxygens (including phenoxy) is 2. The van der Waals surface area contributed by atoms with Crippen LogP contribution in [0.1, 0.15) is 28.8 Å². The molecule has 2 aliphatic rings. The lowest BCUT2D eigenvalue weighted by Gasteiger charge is -2.31. The zero-order valence-electron chi connectivity index (χ0n) is 16.4. The van der Waals surface area contributed by atoms with Gasteiger partial charge in [0.2, 0.25) is 0 Å². The van der Waals surface area contributed by atoms with Crippen LogP contribution in [0, 0.1) is 0 Å². The molecule has 0 bridgehead atoms. The summed E-state index contributed by atoms with van der Waals surface area (Å²) in [5.74, 6) is 0.413. The van der Waals surface area contributed by atoms with Crippen molar-refractivity contribution in [2.24, 2.45) is 5.11 Å². The number of fused-ring (bicyclic) bond motifs is 1. The molecule has 1 amide bonds. The minimum Gasteiger partial charge on any atom is -0.379 e. The lowest BCUT2D eigenvalue weighted by Crippen LogP contribution is -2.46. The third-order valence-corrected chi connectivity index (χ3v) is 6.50. The summed E-state index contributed by atoms with van der Waals surface area (Å²) in [6.45, 7) is 4.14. The van der Waals surface area contributed by atoms with Crippen molar-refractivity contribution in [3.05, 3.63) is 39.8 Å². The average Bonchev–Trinajstić information content (AvgIpc) is 3.10. The van der Waals surface area contributed by atoms with Gasteiger partial charge in [-0.3, -0.25) is 9.00 Å². The van der Waals surface area contributed by atoms with Gasteiger partial charge in [-0.15, -0.1) is 0 Å². The molecule has 158 valence electrons. The molecule has 0 aromatic heterocycles. The normalized spacial score (nSPS) is 19.7. The van der Waals surface area contributed by atoms with Gasteiger partial charge in [-0.1, -0.05) is 11.2 Å². The number of hydrogen-bond donors (Lipinski definition) is 1. The summed E-state index contributed by atoms with van der Waals surface area (Å²) in [5, 5.41) is 6.73. The predicted octanol–water partition coefficient (Wildman–Crippen LogP) is 1.85. The van der Waals surface area contributed by atoms with E-state index in [2.05, 4.69) is 15.3 Å². The molecule has 0 aliphatic carbocycles. The topological polar surface area (TPSA) is 117 Å². The van der Waals surface area contributed by atoms with Crippen molar-refractivity contribution in [1.29, 1.82) is 0 Å². The first-order valence-electron chi connectivity index (χ1n) is 9.90. The molecule has 2 unspecified atom stereocenters. The maximum Gasteiger partial charge on any atom is 0.254 e. The molecule has 2 heterocycles. The van der Waals surface area contributed by atoms with Crippen molar-refractivity contribution in [1.82, 2.24) is 10.2 Å². The highest BCUT2D eigenvalue weighted by Crippen LogP contribution is 2.30. The van der Waals surface area contributed by atoms with E-state index in [0.717, 1.165) is 36.4 Å². The van der Waals surface area contributed by atoms with Crippen LogP contribution in [0.5, 0.6) is 0 Å². The molecule has 1 N–H and O–H groups in total. The summed E-state index contributed by atoms with van der Waals surface area (Å²) in [6.07, 6.45) is 2.07. The van der Waals surface area contributed by atoms with Gasteiger partial charge < -0.3 is 19.7 Å².